The summed E-state index contributed by atoms with van der Waals surface area (Å²) in [4.78, 5) is 14.9. The number of aryl methyl sites for hydroxylation is 1. The van der Waals surface area contributed by atoms with Crippen molar-refractivity contribution in [2.24, 2.45) is 5.73 Å². The molecule has 0 aliphatic carbocycles. The SMILES string of the molecule is Cc1[nH]c2cc(O)ccc2c1C(=O)CCN. The highest BCUT2D eigenvalue weighted by Gasteiger charge is 2.15. The van der Waals surface area contributed by atoms with Crippen LogP contribution in [0.15, 0.2) is 18.2 Å². The number of phenols is 1. The number of rotatable bonds is 3. The maximum absolute atomic E-state index is 11.9. The van der Waals surface area contributed by atoms with Crippen LogP contribution in [0.25, 0.3) is 10.9 Å². The van der Waals surface area contributed by atoms with E-state index in [2.05, 4.69) is 4.98 Å². The molecule has 2 rings (SSSR count). The largest absolute Gasteiger partial charge is 0.508 e. The van der Waals surface area contributed by atoms with E-state index in [1.165, 1.54) is 0 Å². The van der Waals surface area contributed by atoms with Crippen molar-refractivity contribution in [3.63, 3.8) is 0 Å². The molecule has 84 valence electrons. The molecular weight excluding hydrogens is 204 g/mol. The van der Waals surface area contributed by atoms with Crippen molar-refractivity contribution in [2.75, 3.05) is 6.54 Å². The zero-order valence-corrected chi connectivity index (χ0v) is 9.08. The Morgan fingerprint density at radius 2 is 2.25 bits per heavy atom. The third-order valence-electron chi connectivity index (χ3n) is 2.62. The number of nitrogens with one attached hydrogen (secondary N) is 1. The van der Waals surface area contributed by atoms with Gasteiger partial charge >= 0.3 is 0 Å². The molecule has 0 saturated heterocycles. The standard InChI is InChI=1S/C12H14N2O2/c1-7-12(11(16)4-5-13)9-3-2-8(15)6-10(9)14-7/h2-3,6,14-15H,4-5,13H2,1H3. The first-order chi connectivity index (χ1) is 7.63. The number of ketones is 1. The fourth-order valence-electron chi connectivity index (χ4n) is 1.94. The van der Waals surface area contributed by atoms with E-state index in [0.717, 1.165) is 16.6 Å². The van der Waals surface area contributed by atoms with Crippen LogP contribution in [-0.2, 0) is 0 Å². The number of hydrogen-bond acceptors (Lipinski definition) is 3. The first-order valence-electron chi connectivity index (χ1n) is 5.18. The van der Waals surface area contributed by atoms with Gasteiger partial charge in [-0.25, -0.2) is 0 Å². The number of phenolic OH excluding ortho intramolecular Hbond substituents is 1. The Labute approximate surface area is 93.1 Å². The van der Waals surface area contributed by atoms with Crippen LogP contribution in [0.5, 0.6) is 5.75 Å². The molecule has 4 nitrogen and oxygen atoms in total. The predicted octanol–water partition coefficient (Wildman–Crippen LogP) is 1.71. The highest BCUT2D eigenvalue weighted by Crippen LogP contribution is 2.26. The Balaban J connectivity index is 2.60. The van der Waals surface area contributed by atoms with Crippen LogP contribution >= 0.6 is 0 Å². The molecule has 1 heterocycles. The summed E-state index contributed by atoms with van der Waals surface area (Å²) in [6, 6.07) is 4.94. The van der Waals surface area contributed by atoms with Gasteiger partial charge < -0.3 is 15.8 Å². The van der Waals surface area contributed by atoms with Gasteiger partial charge in [0.1, 0.15) is 5.75 Å². The fourth-order valence-corrected chi connectivity index (χ4v) is 1.94. The maximum Gasteiger partial charge on any atom is 0.166 e. The smallest absolute Gasteiger partial charge is 0.166 e. The summed E-state index contributed by atoms with van der Waals surface area (Å²) >= 11 is 0. The van der Waals surface area contributed by atoms with Gasteiger partial charge in [0.15, 0.2) is 5.78 Å². The van der Waals surface area contributed by atoms with Crippen LogP contribution in [0.4, 0.5) is 0 Å². The Kier molecular flexibility index (Phi) is 2.66. The summed E-state index contributed by atoms with van der Waals surface area (Å²) in [5, 5.41) is 10.2. The number of hydrogen-bond donors (Lipinski definition) is 3. The van der Waals surface area contributed by atoms with Crippen molar-refractivity contribution in [1.82, 2.24) is 4.98 Å². The molecule has 2 aromatic rings. The average Bonchev–Trinajstić information content (AvgIpc) is 2.53. The number of aromatic nitrogens is 1. The molecule has 0 atom stereocenters. The molecule has 0 fully saturated rings. The van der Waals surface area contributed by atoms with E-state index in [-0.39, 0.29) is 11.5 Å². The third kappa shape index (κ3) is 1.67. The van der Waals surface area contributed by atoms with Gasteiger partial charge in [0.05, 0.1) is 5.52 Å². The molecule has 4 heteroatoms. The van der Waals surface area contributed by atoms with Crippen LogP contribution in [-0.4, -0.2) is 22.4 Å². The minimum atomic E-state index is 0.0388. The number of carbonyl (C=O) groups is 1. The minimum Gasteiger partial charge on any atom is -0.508 e. The summed E-state index contributed by atoms with van der Waals surface area (Å²) < 4.78 is 0. The van der Waals surface area contributed by atoms with Gasteiger partial charge in [-0.05, 0) is 25.6 Å². The zero-order valence-electron chi connectivity index (χ0n) is 9.08. The maximum atomic E-state index is 11.9. The number of aromatic hydroxyl groups is 1. The summed E-state index contributed by atoms with van der Waals surface area (Å²) in [5.74, 6) is 0.225. The Bertz CT molecular complexity index is 543. The van der Waals surface area contributed by atoms with Crippen molar-refractivity contribution in [3.05, 3.63) is 29.5 Å². The fraction of sp³-hybridized carbons (Fsp3) is 0.250. The van der Waals surface area contributed by atoms with Gasteiger partial charge in [-0.3, -0.25) is 4.79 Å². The Hall–Kier alpha value is -1.81. The second-order valence-electron chi connectivity index (χ2n) is 3.82. The number of nitrogens with two attached hydrogens (primary N) is 1. The lowest BCUT2D eigenvalue weighted by Gasteiger charge is -1.99. The van der Waals surface area contributed by atoms with Crippen LogP contribution in [0.2, 0.25) is 0 Å². The predicted molar refractivity (Wildman–Crippen MR) is 62.7 cm³/mol. The second-order valence-corrected chi connectivity index (χ2v) is 3.82. The molecule has 0 saturated carbocycles. The van der Waals surface area contributed by atoms with Gasteiger partial charge in [0.2, 0.25) is 0 Å². The van der Waals surface area contributed by atoms with E-state index in [1.807, 2.05) is 6.92 Å². The molecule has 4 N–H and O–H groups in total. The molecule has 0 unspecified atom stereocenters. The van der Waals surface area contributed by atoms with Gasteiger partial charge in [0, 0.05) is 29.1 Å². The van der Waals surface area contributed by atoms with Crippen molar-refractivity contribution >= 4 is 16.7 Å². The average molecular weight is 218 g/mol. The van der Waals surface area contributed by atoms with E-state index in [0.29, 0.717) is 18.5 Å². The van der Waals surface area contributed by atoms with Gasteiger partial charge in [0.25, 0.3) is 0 Å². The Morgan fingerprint density at radius 1 is 1.50 bits per heavy atom. The van der Waals surface area contributed by atoms with Crippen molar-refractivity contribution in [1.29, 1.82) is 0 Å². The van der Waals surface area contributed by atoms with Gasteiger partial charge in [-0.2, -0.15) is 0 Å². The normalized spacial score (nSPS) is 10.9. The monoisotopic (exact) mass is 218 g/mol. The molecule has 0 aliphatic rings. The second kappa shape index (κ2) is 3.98. The quantitative estimate of drug-likeness (QED) is 0.686. The number of H-pyrrole nitrogens is 1. The lowest BCUT2D eigenvalue weighted by molar-refractivity contribution is 0.0986. The van der Waals surface area contributed by atoms with Crippen molar-refractivity contribution in [2.45, 2.75) is 13.3 Å². The number of Topliss-reactive ketones (excluding diaryl/α,β-unsaturated/α-hetero) is 1. The minimum absolute atomic E-state index is 0.0388. The highest BCUT2D eigenvalue weighted by atomic mass is 16.3. The topological polar surface area (TPSA) is 79.1 Å². The lowest BCUT2D eigenvalue weighted by Crippen LogP contribution is -2.08. The molecule has 0 bridgehead atoms. The highest BCUT2D eigenvalue weighted by molar-refractivity contribution is 6.09. The van der Waals surface area contributed by atoms with E-state index in [9.17, 15) is 9.90 Å². The Morgan fingerprint density at radius 3 is 2.94 bits per heavy atom. The molecule has 16 heavy (non-hydrogen) atoms. The number of benzene rings is 1. The van der Waals surface area contributed by atoms with Crippen LogP contribution in [0, 0.1) is 6.92 Å². The van der Waals surface area contributed by atoms with E-state index in [1.54, 1.807) is 18.2 Å². The van der Waals surface area contributed by atoms with Crippen molar-refractivity contribution in [3.8, 4) is 5.75 Å². The van der Waals surface area contributed by atoms with E-state index >= 15 is 0 Å². The lowest BCUT2D eigenvalue weighted by atomic mass is 10.0. The molecule has 0 amide bonds. The van der Waals surface area contributed by atoms with Crippen LogP contribution in [0.3, 0.4) is 0 Å². The van der Waals surface area contributed by atoms with E-state index < -0.39 is 0 Å². The third-order valence-corrected chi connectivity index (χ3v) is 2.62. The first kappa shape index (κ1) is 10.7. The van der Waals surface area contributed by atoms with E-state index in [4.69, 9.17) is 5.73 Å². The molecular formula is C12H14N2O2. The zero-order chi connectivity index (χ0) is 11.7. The number of carbonyl (C=O) groups excluding carboxylic acids is 1. The summed E-state index contributed by atoms with van der Waals surface area (Å²) in [7, 11) is 0. The van der Waals surface area contributed by atoms with Crippen molar-refractivity contribution < 1.29 is 9.90 Å². The summed E-state index contributed by atoms with van der Waals surface area (Å²) in [6.07, 6.45) is 0.342. The van der Waals surface area contributed by atoms with Gasteiger partial charge in [-0.1, -0.05) is 0 Å². The molecule has 1 aromatic heterocycles. The van der Waals surface area contributed by atoms with Crippen LogP contribution in [0.1, 0.15) is 22.5 Å². The number of fused-ring (bicyclic) bond motifs is 1. The summed E-state index contributed by atoms with van der Waals surface area (Å²) in [5.41, 5.74) is 7.66. The molecule has 0 radical (unpaired) electrons. The molecule has 0 spiro atoms. The van der Waals surface area contributed by atoms with Crippen LogP contribution < -0.4 is 5.73 Å². The summed E-state index contributed by atoms with van der Waals surface area (Å²) in [6.45, 7) is 2.20. The number of aromatic amines is 1. The first-order valence-corrected chi connectivity index (χ1v) is 5.18. The molecule has 0 aliphatic heterocycles. The van der Waals surface area contributed by atoms with Gasteiger partial charge in [-0.15, -0.1) is 0 Å². The molecule has 1 aromatic carbocycles.